The zero-order valence-corrected chi connectivity index (χ0v) is 11.8. The maximum absolute atomic E-state index is 13.5. The Bertz CT molecular complexity index is 456. The Morgan fingerprint density at radius 1 is 1.47 bits per heavy atom. The molecule has 1 amide bonds. The Labute approximate surface area is 115 Å². The summed E-state index contributed by atoms with van der Waals surface area (Å²) in [5.74, 6) is -1.46. The zero-order valence-electron chi connectivity index (χ0n) is 11.0. The summed E-state index contributed by atoms with van der Waals surface area (Å²) in [6.07, 6.45) is 0.860. The molecule has 1 aromatic rings. The van der Waals surface area contributed by atoms with Crippen LogP contribution in [0.15, 0.2) is 23.1 Å². The van der Waals surface area contributed by atoms with Crippen molar-refractivity contribution in [2.24, 2.45) is 5.73 Å². The number of nitrogens with one attached hydrogen (secondary N) is 1. The van der Waals surface area contributed by atoms with Gasteiger partial charge in [0.05, 0.1) is 0 Å². The fraction of sp³-hybridized carbons (Fsp3) is 0.462. The molecule has 6 heteroatoms. The molecule has 3 nitrogen and oxygen atoms in total. The van der Waals surface area contributed by atoms with Crippen LogP contribution in [-0.4, -0.2) is 23.7 Å². The number of amides is 1. The lowest BCUT2D eigenvalue weighted by Crippen LogP contribution is -2.55. The first-order chi connectivity index (χ1) is 8.89. The highest BCUT2D eigenvalue weighted by Crippen LogP contribution is 2.25. The number of halogens is 2. The summed E-state index contributed by atoms with van der Waals surface area (Å²) < 4.78 is 26.3. The third-order valence-corrected chi connectivity index (χ3v) is 4.08. The quantitative estimate of drug-likeness (QED) is 0.757. The van der Waals surface area contributed by atoms with Crippen LogP contribution >= 0.6 is 11.8 Å². The van der Waals surface area contributed by atoms with Crippen molar-refractivity contribution in [1.29, 1.82) is 0 Å². The molecule has 0 aliphatic heterocycles. The van der Waals surface area contributed by atoms with Crippen molar-refractivity contribution in [2.75, 3.05) is 12.3 Å². The minimum Gasteiger partial charge on any atom is -0.368 e. The van der Waals surface area contributed by atoms with E-state index in [1.807, 2.05) is 6.92 Å². The molecular weight excluding hydrogens is 270 g/mol. The topological polar surface area (TPSA) is 55.1 Å². The fourth-order valence-electron chi connectivity index (χ4n) is 1.42. The standard InChI is InChI=1S/C13H18F2N2OS/c1-3-6-17-13(2,12(16)18)8-19-11-5-4-9(14)7-10(11)15/h4-5,7,17H,3,6,8H2,1-2H3,(H2,16,18). The molecule has 1 rings (SSSR count). The number of thioether (sulfide) groups is 1. The van der Waals surface area contributed by atoms with E-state index in [1.54, 1.807) is 6.92 Å². The average molecular weight is 288 g/mol. The predicted octanol–water partition coefficient (Wildman–Crippen LogP) is 2.30. The summed E-state index contributed by atoms with van der Waals surface area (Å²) in [5.41, 5.74) is 4.45. The van der Waals surface area contributed by atoms with E-state index in [-0.39, 0.29) is 5.75 Å². The van der Waals surface area contributed by atoms with Crippen molar-refractivity contribution >= 4 is 17.7 Å². The van der Waals surface area contributed by atoms with Crippen LogP contribution in [0.1, 0.15) is 20.3 Å². The molecule has 3 N–H and O–H groups in total. The van der Waals surface area contributed by atoms with Gasteiger partial charge in [-0.05, 0) is 32.0 Å². The number of hydrogen-bond acceptors (Lipinski definition) is 3. The monoisotopic (exact) mass is 288 g/mol. The lowest BCUT2D eigenvalue weighted by Gasteiger charge is -2.27. The zero-order chi connectivity index (χ0) is 14.5. The van der Waals surface area contributed by atoms with Crippen molar-refractivity contribution in [2.45, 2.75) is 30.7 Å². The van der Waals surface area contributed by atoms with Crippen molar-refractivity contribution in [3.05, 3.63) is 29.8 Å². The van der Waals surface area contributed by atoms with E-state index in [0.29, 0.717) is 11.4 Å². The van der Waals surface area contributed by atoms with E-state index in [2.05, 4.69) is 5.32 Å². The molecule has 0 fully saturated rings. The summed E-state index contributed by atoms with van der Waals surface area (Å²) in [5, 5.41) is 3.05. The Morgan fingerprint density at radius 2 is 2.16 bits per heavy atom. The lowest BCUT2D eigenvalue weighted by molar-refractivity contribution is -0.122. The number of benzene rings is 1. The van der Waals surface area contributed by atoms with Crippen LogP contribution in [0.3, 0.4) is 0 Å². The van der Waals surface area contributed by atoms with Crippen molar-refractivity contribution in [1.82, 2.24) is 5.32 Å². The average Bonchev–Trinajstić information content (AvgIpc) is 2.35. The molecule has 0 saturated heterocycles. The molecule has 0 saturated carbocycles. The third kappa shape index (κ3) is 4.47. The summed E-state index contributed by atoms with van der Waals surface area (Å²) in [6, 6.07) is 3.37. The van der Waals surface area contributed by atoms with Crippen LogP contribution in [0.25, 0.3) is 0 Å². The molecule has 106 valence electrons. The van der Waals surface area contributed by atoms with Crippen LogP contribution in [0.4, 0.5) is 8.78 Å². The van der Waals surface area contributed by atoms with E-state index >= 15 is 0 Å². The SMILES string of the molecule is CCCNC(C)(CSc1ccc(F)cc1F)C(N)=O. The summed E-state index contributed by atoms with van der Waals surface area (Å²) in [4.78, 5) is 11.8. The van der Waals surface area contributed by atoms with E-state index in [4.69, 9.17) is 5.73 Å². The number of carbonyl (C=O) groups is 1. The molecule has 0 spiro atoms. The van der Waals surface area contributed by atoms with Gasteiger partial charge >= 0.3 is 0 Å². The Balaban J connectivity index is 2.73. The van der Waals surface area contributed by atoms with E-state index in [9.17, 15) is 13.6 Å². The minimum absolute atomic E-state index is 0.283. The largest absolute Gasteiger partial charge is 0.368 e. The molecule has 0 aliphatic carbocycles. The molecule has 0 bridgehead atoms. The highest BCUT2D eigenvalue weighted by molar-refractivity contribution is 7.99. The van der Waals surface area contributed by atoms with Crippen LogP contribution in [0.2, 0.25) is 0 Å². The van der Waals surface area contributed by atoms with Gasteiger partial charge in [0.1, 0.15) is 17.2 Å². The summed E-state index contributed by atoms with van der Waals surface area (Å²) in [7, 11) is 0. The van der Waals surface area contributed by atoms with Gasteiger partial charge in [0, 0.05) is 16.7 Å². The van der Waals surface area contributed by atoms with E-state index < -0.39 is 23.1 Å². The fourth-order valence-corrected chi connectivity index (χ4v) is 2.47. The third-order valence-electron chi connectivity index (χ3n) is 2.72. The number of rotatable bonds is 7. The second kappa shape index (κ2) is 6.86. The molecule has 1 atom stereocenters. The van der Waals surface area contributed by atoms with Gasteiger partial charge in [0.15, 0.2) is 0 Å². The Kier molecular flexibility index (Phi) is 5.75. The molecule has 0 radical (unpaired) electrons. The van der Waals surface area contributed by atoms with Crippen LogP contribution in [0.5, 0.6) is 0 Å². The lowest BCUT2D eigenvalue weighted by atomic mass is 10.1. The highest BCUT2D eigenvalue weighted by atomic mass is 32.2. The van der Waals surface area contributed by atoms with Crippen molar-refractivity contribution in [3.8, 4) is 0 Å². The molecule has 0 heterocycles. The van der Waals surface area contributed by atoms with Crippen molar-refractivity contribution < 1.29 is 13.6 Å². The van der Waals surface area contributed by atoms with Crippen LogP contribution in [0, 0.1) is 11.6 Å². The van der Waals surface area contributed by atoms with Gasteiger partial charge in [-0.2, -0.15) is 0 Å². The van der Waals surface area contributed by atoms with Gasteiger partial charge in [-0.1, -0.05) is 6.92 Å². The maximum Gasteiger partial charge on any atom is 0.238 e. The number of nitrogens with two attached hydrogens (primary N) is 1. The Morgan fingerprint density at radius 3 is 2.68 bits per heavy atom. The molecule has 1 unspecified atom stereocenters. The molecular formula is C13H18F2N2OS. The number of carbonyl (C=O) groups excluding carboxylic acids is 1. The van der Waals surface area contributed by atoms with Gasteiger partial charge in [0.2, 0.25) is 5.91 Å². The first-order valence-corrected chi connectivity index (χ1v) is 7.00. The summed E-state index contributed by atoms with van der Waals surface area (Å²) in [6.45, 7) is 4.30. The van der Waals surface area contributed by atoms with E-state index in [1.165, 1.54) is 12.1 Å². The molecule has 0 aliphatic rings. The normalized spacial score (nSPS) is 14.1. The van der Waals surface area contributed by atoms with Crippen LogP contribution < -0.4 is 11.1 Å². The number of hydrogen-bond donors (Lipinski definition) is 2. The minimum atomic E-state index is -0.915. The van der Waals surface area contributed by atoms with Gasteiger partial charge in [-0.3, -0.25) is 4.79 Å². The van der Waals surface area contributed by atoms with Gasteiger partial charge in [-0.25, -0.2) is 8.78 Å². The summed E-state index contributed by atoms with van der Waals surface area (Å²) >= 11 is 1.14. The van der Waals surface area contributed by atoms with E-state index in [0.717, 1.165) is 24.2 Å². The van der Waals surface area contributed by atoms with Gasteiger partial charge in [0.25, 0.3) is 0 Å². The second-order valence-electron chi connectivity index (χ2n) is 4.49. The first kappa shape index (κ1) is 15.9. The van der Waals surface area contributed by atoms with Crippen LogP contribution in [-0.2, 0) is 4.79 Å². The van der Waals surface area contributed by atoms with Crippen molar-refractivity contribution in [3.63, 3.8) is 0 Å². The Hall–Kier alpha value is -1.14. The molecule has 19 heavy (non-hydrogen) atoms. The predicted molar refractivity (Wildman–Crippen MR) is 73.0 cm³/mol. The molecule has 0 aromatic heterocycles. The smallest absolute Gasteiger partial charge is 0.238 e. The van der Waals surface area contributed by atoms with Gasteiger partial charge < -0.3 is 11.1 Å². The highest BCUT2D eigenvalue weighted by Gasteiger charge is 2.30. The van der Waals surface area contributed by atoms with Gasteiger partial charge in [-0.15, -0.1) is 11.8 Å². The maximum atomic E-state index is 13.5. The first-order valence-electron chi connectivity index (χ1n) is 6.02. The molecule has 1 aromatic carbocycles. The second-order valence-corrected chi connectivity index (χ2v) is 5.50. The number of primary amides is 1.